The summed E-state index contributed by atoms with van der Waals surface area (Å²) in [6.45, 7) is 10.5. The van der Waals surface area contributed by atoms with Crippen LogP contribution in [-0.2, 0) is 4.74 Å². The highest BCUT2D eigenvalue weighted by atomic mass is 16.5. The molecule has 0 amide bonds. The van der Waals surface area contributed by atoms with Gasteiger partial charge in [0.2, 0.25) is 0 Å². The Morgan fingerprint density at radius 3 is 2.38 bits per heavy atom. The van der Waals surface area contributed by atoms with Gasteiger partial charge in [-0.15, -0.1) is 0 Å². The predicted octanol–water partition coefficient (Wildman–Crippen LogP) is 1.98. The van der Waals surface area contributed by atoms with Gasteiger partial charge in [0.15, 0.2) is 0 Å². The van der Waals surface area contributed by atoms with Crippen molar-refractivity contribution >= 4 is 0 Å². The average Bonchev–Trinajstić information content (AvgIpc) is 2.15. The van der Waals surface area contributed by atoms with E-state index in [0.29, 0.717) is 6.04 Å². The van der Waals surface area contributed by atoms with Crippen LogP contribution in [0.3, 0.4) is 0 Å². The first-order valence-electron chi connectivity index (χ1n) is 6.52. The van der Waals surface area contributed by atoms with E-state index in [1.165, 1.54) is 6.42 Å². The van der Waals surface area contributed by atoms with Gasteiger partial charge < -0.3 is 15.0 Å². The summed E-state index contributed by atoms with van der Waals surface area (Å²) in [5, 5.41) is 3.57. The van der Waals surface area contributed by atoms with Crippen LogP contribution in [0.2, 0.25) is 0 Å². The first-order valence-corrected chi connectivity index (χ1v) is 6.52. The lowest BCUT2D eigenvalue weighted by atomic mass is 10.0. The van der Waals surface area contributed by atoms with Crippen molar-refractivity contribution in [3.05, 3.63) is 0 Å². The fraction of sp³-hybridized carbons (Fsp3) is 1.00. The van der Waals surface area contributed by atoms with Gasteiger partial charge >= 0.3 is 0 Å². The van der Waals surface area contributed by atoms with Gasteiger partial charge in [0.1, 0.15) is 0 Å². The molecule has 0 aromatic heterocycles. The number of likely N-dealkylation sites (N-methyl/N-ethyl adjacent to an activating group) is 1. The summed E-state index contributed by atoms with van der Waals surface area (Å²) < 4.78 is 5.47. The molecule has 0 saturated carbocycles. The molecular formula is C13H30N2O. The van der Waals surface area contributed by atoms with Crippen molar-refractivity contribution in [1.82, 2.24) is 10.2 Å². The Bertz CT molecular complexity index is 139. The normalized spacial score (nSPS) is 13.7. The van der Waals surface area contributed by atoms with E-state index in [-0.39, 0.29) is 0 Å². The number of ether oxygens (including phenoxy) is 1. The Hall–Kier alpha value is -0.120. The molecule has 0 spiro atoms. The molecule has 0 aliphatic carbocycles. The molecular weight excluding hydrogens is 200 g/mol. The van der Waals surface area contributed by atoms with Crippen molar-refractivity contribution < 1.29 is 4.74 Å². The lowest BCUT2D eigenvalue weighted by Crippen LogP contribution is -2.40. The second-order valence-corrected chi connectivity index (χ2v) is 5.16. The van der Waals surface area contributed by atoms with Gasteiger partial charge in [-0.25, -0.2) is 0 Å². The zero-order chi connectivity index (χ0) is 12.4. The van der Waals surface area contributed by atoms with E-state index in [1.807, 2.05) is 0 Å². The molecule has 1 atom stereocenters. The molecule has 1 N–H and O–H groups in total. The van der Waals surface area contributed by atoms with E-state index in [1.54, 1.807) is 0 Å². The second-order valence-electron chi connectivity index (χ2n) is 5.16. The molecule has 0 saturated heterocycles. The molecule has 0 heterocycles. The lowest BCUT2D eigenvalue weighted by molar-refractivity contribution is 0.132. The highest BCUT2D eigenvalue weighted by molar-refractivity contribution is 4.71. The SMILES string of the molecule is CCCOCCNC(CC(C)C)CN(C)C. The van der Waals surface area contributed by atoms with Crippen molar-refractivity contribution in [2.24, 2.45) is 5.92 Å². The van der Waals surface area contributed by atoms with Crippen LogP contribution in [0.4, 0.5) is 0 Å². The Morgan fingerprint density at radius 2 is 1.88 bits per heavy atom. The van der Waals surface area contributed by atoms with Crippen molar-refractivity contribution in [2.75, 3.05) is 40.4 Å². The van der Waals surface area contributed by atoms with Gasteiger partial charge in [-0.2, -0.15) is 0 Å². The highest BCUT2D eigenvalue weighted by Crippen LogP contribution is 2.05. The molecule has 0 aliphatic heterocycles. The monoisotopic (exact) mass is 230 g/mol. The van der Waals surface area contributed by atoms with Crippen LogP contribution in [0.5, 0.6) is 0 Å². The molecule has 3 nitrogen and oxygen atoms in total. The first kappa shape index (κ1) is 15.9. The Labute approximate surface area is 102 Å². The number of nitrogens with one attached hydrogen (secondary N) is 1. The second kappa shape index (κ2) is 10.1. The molecule has 0 bridgehead atoms. The van der Waals surface area contributed by atoms with Gasteiger partial charge in [-0.1, -0.05) is 20.8 Å². The first-order chi connectivity index (χ1) is 7.56. The lowest BCUT2D eigenvalue weighted by Gasteiger charge is -2.24. The van der Waals surface area contributed by atoms with Crippen LogP contribution in [0.15, 0.2) is 0 Å². The van der Waals surface area contributed by atoms with Crippen molar-refractivity contribution in [3.8, 4) is 0 Å². The van der Waals surface area contributed by atoms with Crippen LogP contribution in [-0.4, -0.2) is 51.3 Å². The average molecular weight is 230 g/mol. The van der Waals surface area contributed by atoms with E-state index >= 15 is 0 Å². The van der Waals surface area contributed by atoms with Gasteiger partial charge in [-0.05, 0) is 32.9 Å². The third-order valence-electron chi connectivity index (χ3n) is 2.37. The summed E-state index contributed by atoms with van der Waals surface area (Å²) in [6.07, 6.45) is 2.33. The van der Waals surface area contributed by atoms with E-state index in [9.17, 15) is 0 Å². The van der Waals surface area contributed by atoms with Crippen molar-refractivity contribution in [3.63, 3.8) is 0 Å². The molecule has 98 valence electrons. The summed E-state index contributed by atoms with van der Waals surface area (Å²) >= 11 is 0. The Kier molecular flexibility index (Phi) is 9.99. The van der Waals surface area contributed by atoms with E-state index in [4.69, 9.17) is 4.74 Å². The standard InChI is InChI=1S/C13H30N2O/c1-6-8-16-9-7-14-13(10-12(2)3)11-15(4)5/h12-14H,6-11H2,1-5H3. The third kappa shape index (κ3) is 10.4. The largest absolute Gasteiger partial charge is 0.380 e. The predicted molar refractivity (Wildman–Crippen MR) is 70.9 cm³/mol. The summed E-state index contributed by atoms with van der Waals surface area (Å²) in [5.74, 6) is 0.744. The summed E-state index contributed by atoms with van der Waals surface area (Å²) in [5.41, 5.74) is 0. The maximum atomic E-state index is 5.47. The third-order valence-corrected chi connectivity index (χ3v) is 2.37. The van der Waals surface area contributed by atoms with Crippen LogP contribution in [0.25, 0.3) is 0 Å². The minimum atomic E-state index is 0.584. The summed E-state index contributed by atoms with van der Waals surface area (Å²) in [4.78, 5) is 2.24. The van der Waals surface area contributed by atoms with Crippen molar-refractivity contribution in [1.29, 1.82) is 0 Å². The number of hydrogen-bond acceptors (Lipinski definition) is 3. The van der Waals surface area contributed by atoms with Crippen LogP contribution in [0, 0.1) is 5.92 Å². The van der Waals surface area contributed by atoms with Gasteiger partial charge in [0, 0.05) is 25.7 Å². The fourth-order valence-corrected chi connectivity index (χ4v) is 1.81. The van der Waals surface area contributed by atoms with Crippen molar-refractivity contribution in [2.45, 2.75) is 39.7 Å². The zero-order valence-corrected chi connectivity index (χ0v) is 11.8. The van der Waals surface area contributed by atoms with Gasteiger partial charge in [0.25, 0.3) is 0 Å². The smallest absolute Gasteiger partial charge is 0.0591 e. The number of hydrogen-bond donors (Lipinski definition) is 1. The number of nitrogens with zero attached hydrogens (tertiary/aromatic N) is 1. The molecule has 0 aromatic rings. The fourth-order valence-electron chi connectivity index (χ4n) is 1.81. The molecule has 1 unspecified atom stereocenters. The zero-order valence-electron chi connectivity index (χ0n) is 11.8. The van der Waals surface area contributed by atoms with E-state index < -0.39 is 0 Å². The number of rotatable bonds is 10. The molecule has 16 heavy (non-hydrogen) atoms. The minimum absolute atomic E-state index is 0.584. The van der Waals surface area contributed by atoms with Crippen LogP contribution >= 0.6 is 0 Å². The van der Waals surface area contributed by atoms with Gasteiger partial charge in [-0.3, -0.25) is 0 Å². The highest BCUT2D eigenvalue weighted by Gasteiger charge is 2.10. The molecule has 0 aromatic carbocycles. The molecule has 0 fully saturated rings. The van der Waals surface area contributed by atoms with E-state index in [0.717, 1.165) is 38.6 Å². The molecule has 0 aliphatic rings. The van der Waals surface area contributed by atoms with E-state index in [2.05, 4.69) is 45.1 Å². The summed E-state index contributed by atoms with van der Waals surface area (Å²) in [7, 11) is 4.26. The van der Waals surface area contributed by atoms with Crippen LogP contribution < -0.4 is 5.32 Å². The molecule has 3 heteroatoms. The van der Waals surface area contributed by atoms with Gasteiger partial charge in [0.05, 0.1) is 6.61 Å². The quantitative estimate of drug-likeness (QED) is 0.581. The maximum Gasteiger partial charge on any atom is 0.0591 e. The minimum Gasteiger partial charge on any atom is -0.380 e. The molecule has 0 radical (unpaired) electrons. The topological polar surface area (TPSA) is 24.5 Å². The maximum absolute atomic E-state index is 5.47. The Balaban J connectivity index is 3.65. The van der Waals surface area contributed by atoms with Crippen LogP contribution in [0.1, 0.15) is 33.6 Å². The molecule has 0 rings (SSSR count). The Morgan fingerprint density at radius 1 is 1.19 bits per heavy atom. The summed E-state index contributed by atoms with van der Waals surface area (Å²) in [6, 6.07) is 0.584.